The third-order valence-corrected chi connectivity index (χ3v) is 7.57. The smallest absolute Gasteiger partial charge is 0.206 e. The molecule has 1 saturated heterocycles. The minimum atomic E-state index is -0.141. The third kappa shape index (κ3) is 3.04. The zero-order valence-electron chi connectivity index (χ0n) is 17.3. The standard InChI is InChI=1S/C21H29N5OS/c1-5-14-8-6-7-9-25(14)11-17-23-19-18-15-10-21(3,4)27-12-16(15)28-20(18)22-13(2)26(19)24-17/h14H,5-12H2,1-4H3/p+1/t14-/m1/s1. The maximum atomic E-state index is 6.03. The monoisotopic (exact) mass is 400 g/mol. The molecular weight excluding hydrogens is 370 g/mol. The van der Waals surface area contributed by atoms with Crippen LogP contribution in [0.2, 0.25) is 0 Å². The van der Waals surface area contributed by atoms with Crippen molar-refractivity contribution in [1.29, 1.82) is 0 Å². The molecule has 1 N–H and O–H groups in total. The molecule has 2 aliphatic rings. The quantitative estimate of drug-likeness (QED) is 0.735. The van der Waals surface area contributed by atoms with Gasteiger partial charge in [-0.2, -0.15) is 4.52 Å². The Morgan fingerprint density at radius 3 is 2.96 bits per heavy atom. The van der Waals surface area contributed by atoms with E-state index >= 15 is 0 Å². The van der Waals surface area contributed by atoms with Gasteiger partial charge >= 0.3 is 0 Å². The minimum absolute atomic E-state index is 0.141. The van der Waals surface area contributed by atoms with E-state index in [0.717, 1.165) is 41.1 Å². The first-order chi connectivity index (χ1) is 13.4. The van der Waals surface area contributed by atoms with Gasteiger partial charge in [0.15, 0.2) is 5.65 Å². The van der Waals surface area contributed by atoms with Gasteiger partial charge in [0.1, 0.15) is 17.2 Å². The fourth-order valence-electron chi connectivity index (χ4n) is 4.94. The molecule has 2 aliphatic heterocycles. The van der Waals surface area contributed by atoms with Gasteiger partial charge in [0.25, 0.3) is 0 Å². The van der Waals surface area contributed by atoms with Gasteiger partial charge in [0.2, 0.25) is 5.82 Å². The molecule has 1 unspecified atom stereocenters. The molecule has 0 saturated carbocycles. The maximum Gasteiger partial charge on any atom is 0.206 e. The fourth-order valence-corrected chi connectivity index (χ4v) is 6.08. The van der Waals surface area contributed by atoms with Crippen molar-refractivity contribution in [2.75, 3.05) is 6.54 Å². The van der Waals surface area contributed by atoms with Crippen LogP contribution in [0.25, 0.3) is 15.9 Å². The number of ether oxygens (including phenoxy) is 1. The highest BCUT2D eigenvalue weighted by molar-refractivity contribution is 7.19. The van der Waals surface area contributed by atoms with Crippen LogP contribution in [0.1, 0.15) is 68.5 Å². The number of aromatic nitrogens is 4. The first kappa shape index (κ1) is 18.5. The molecule has 5 rings (SSSR count). The second kappa shape index (κ2) is 6.75. The lowest BCUT2D eigenvalue weighted by atomic mass is 9.94. The van der Waals surface area contributed by atoms with E-state index in [1.165, 1.54) is 48.1 Å². The largest absolute Gasteiger partial charge is 0.370 e. The fraction of sp³-hybridized carbons (Fsp3) is 0.667. The SMILES string of the molecule is CC[C@@H]1CCCC[NH+]1Cc1nc2c3c4c(sc3nc(C)n2n1)COC(C)(C)C4. The van der Waals surface area contributed by atoms with Gasteiger partial charge in [0.05, 0.1) is 30.2 Å². The lowest BCUT2D eigenvalue weighted by molar-refractivity contribution is -0.944. The van der Waals surface area contributed by atoms with Crippen molar-refractivity contribution in [1.82, 2.24) is 19.6 Å². The number of rotatable bonds is 3. The summed E-state index contributed by atoms with van der Waals surface area (Å²) in [6.07, 6.45) is 6.15. The molecular formula is C21H30N5OS+. The van der Waals surface area contributed by atoms with Gasteiger partial charge in [-0.25, -0.2) is 9.97 Å². The summed E-state index contributed by atoms with van der Waals surface area (Å²) >= 11 is 1.76. The van der Waals surface area contributed by atoms with Crippen molar-refractivity contribution in [3.8, 4) is 0 Å². The number of nitrogens with one attached hydrogen (secondary N) is 1. The Balaban J connectivity index is 1.60. The summed E-state index contributed by atoms with van der Waals surface area (Å²) in [5, 5.41) is 6.08. The Labute approximate surface area is 169 Å². The Morgan fingerprint density at radius 1 is 1.29 bits per heavy atom. The molecule has 5 heterocycles. The molecule has 28 heavy (non-hydrogen) atoms. The van der Waals surface area contributed by atoms with Crippen molar-refractivity contribution >= 4 is 27.2 Å². The van der Waals surface area contributed by atoms with Crippen molar-refractivity contribution in [3.63, 3.8) is 0 Å². The summed E-state index contributed by atoms with van der Waals surface area (Å²) in [6.45, 7) is 11.5. The number of piperidine rings is 1. The molecule has 6 nitrogen and oxygen atoms in total. The second-order valence-electron chi connectivity index (χ2n) is 9.02. The van der Waals surface area contributed by atoms with E-state index in [4.69, 9.17) is 19.8 Å². The molecule has 7 heteroatoms. The Hall–Kier alpha value is -1.57. The van der Waals surface area contributed by atoms with Crippen LogP contribution in [0.3, 0.4) is 0 Å². The van der Waals surface area contributed by atoms with Crippen LogP contribution in [0.15, 0.2) is 0 Å². The molecule has 0 amide bonds. The summed E-state index contributed by atoms with van der Waals surface area (Å²) in [5.74, 6) is 1.87. The van der Waals surface area contributed by atoms with Crippen LogP contribution in [0.4, 0.5) is 0 Å². The number of thiophene rings is 1. The van der Waals surface area contributed by atoms with Crippen LogP contribution >= 0.6 is 11.3 Å². The van der Waals surface area contributed by atoms with Gasteiger partial charge in [-0.15, -0.1) is 16.4 Å². The predicted octanol–water partition coefficient (Wildman–Crippen LogP) is 2.85. The first-order valence-electron chi connectivity index (χ1n) is 10.6. The molecule has 3 aromatic heterocycles. The Kier molecular flexibility index (Phi) is 4.45. The number of hydrogen-bond acceptors (Lipinski definition) is 5. The van der Waals surface area contributed by atoms with Gasteiger partial charge in [0, 0.05) is 11.3 Å². The average Bonchev–Trinajstić information content (AvgIpc) is 3.22. The first-order valence-corrected chi connectivity index (χ1v) is 11.4. The van der Waals surface area contributed by atoms with E-state index in [0.29, 0.717) is 6.61 Å². The summed E-state index contributed by atoms with van der Waals surface area (Å²) in [4.78, 5) is 13.9. The van der Waals surface area contributed by atoms with E-state index in [1.807, 2.05) is 11.4 Å². The van der Waals surface area contributed by atoms with Gasteiger partial charge in [-0.3, -0.25) is 0 Å². The number of quaternary nitrogens is 1. The van der Waals surface area contributed by atoms with Crippen molar-refractivity contribution < 1.29 is 9.64 Å². The summed E-state index contributed by atoms with van der Waals surface area (Å²) in [5.41, 5.74) is 2.21. The number of aryl methyl sites for hydroxylation is 1. The van der Waals surface area contributed by atoms with Crippen molar-refractivity contribution in [3.05, 3.63) is 22.1 Å². The van der Waals surface area contributed by atoms with Crippen LogP contribution < -0.4 is 4.90 Å². The van der Waals surface area contributed by atoms with E-state index in [1.54, 1.807) is 16.2 Å². The van der Waals surface area contributed by atoms with E-state index in [2.05, 4.69) is 20.8 Å². The Bertz CT molecular complexity index is 1040. The molecule has 0 spiro atoms. The van der Waals surface area contributed by atoms with Crippen molar-refractivity contribution in [2.24, 2.45) is 0 Å². The number of likely N-dealkylation sites (tertiary alicyclic amines) is 1. The normalized spacial score (nSPS) is 24.7. The summed E-state index contributed by atoms with van der Waals surface area (Å²) in [6, 6.07) is 0.742. The maximum absolute atomic E-state index is 6.03. The topological polar surface area (TPSA) is 56.8 Å². The summed E-state index contributed by atoms with van der Waals surface area (Å²) in [7, 11) is 0. The highest BCUT2D eigenvalue weighted by Crippen LogP contribution is 2.39. The lowest BCUT2D eigenvalue weighted by Gasteiger charge is -2.31. The average molecular weight is 401 g/mol. The number of fused-ring (bicyclic) bond motifs is 5. The number of hydrogen-bond donors (Lipinski definition) is 1. The van der Waals surface area contributed by atoms with Crippen LogP contribution in [-0.4, -0.2) is 37.8 Å². The number of nitrogens with zero attached hydrogens (tertiary/aromatic N) is 4. The van der Waals surface area contributed by atoms with Gasteiger partial charge in [-0.1, -0.05) is 6.92 Å². The molecule has 2 atom stereocenters. The van der Waals surface area contributed by atoms with E-state index in [-0.39, 0.29) is 5.60 Å². The molecule has 0 radical (unpaired) electrons. The van der Waals surface area contributed by atoms with Gasteiger partial charge < -0.3 is 9.64 Å². The molecule has 1 fully saturated rings. The van der Waals surface area contributed by atoms with Crippen LogP contribution in [-0.2, 0) is 24.3 Å². The third-order valence-electron chi connectivity index (χ3n) is 6.47. The molecule has 3 aromatic rings. The van der Waals surface area contributed by atoms with Crippen LogP contribution in [0, 0.1) is 6.92 Å². The van der Waals surface area contributed by atoms with Crippen LogP contribution in [0.5, 0.6) is 0 Å². The predicted molar refractivity (Wildman–Crippen MR) is 111 cm³/mol. The van der Waals surface area contributed by atoms with E-state index < -0.39 is 0 Å². The second-order valence-corrected chi connectivity index (χ2v) is 10.1. The zero-order valence-corrected chi connectivity index (χ0v) is 18.2. The molecule has 0 aromatic carbocycles. The lowest BCUT2D eigenvalue weighted by Crippen LogP contribution is -3.15. The summed E-state index contributed by atoms with van der Waals surface area (Å²) < 4.78 is 8.00. The molecule has 150 valence electrons. The molecule has 0 bridgehead atoms. The van der Waals surface area contributed by atoms with Crippen molar-refractivity contribution in [2.45, 2.75) is 84.6 Å². The minimum Gasteiger partial charge on any atom is -0.370 e. The van der Waals surface area contributed by atoms with Gasteiger partial charge in [-0.05, 0) is 52.0 Å². The van der Waals surface area contributed by atoms with E-state index in [9.17, 15) is 0 Å². The Morgan fingerprint density at radius 2 is 2.14 bits per heavy atom. The highest BCUT2D eigenvalue weighted by atomic mass is 32.1. The molecule has 0 aliphatic carbocycles. The zero-order chi connectivity index (χ0) is 19.5. The highest BCUT2D eigenvalue weighted by Gasteiger charge is 2.32.